The molecule has 3 amide bonds. The first-order valence-corrected chi connectivity index (χ1v) is 13.6. The van der Waals surface area contributed by atoms with Crippen LogP contribution in [0.5, 0.6) is 0 Å². The molecule has 0 fully saturated rings. The summed E-state index contributed by atoms with van der Waals surface area (Å²) in [6.07, 6.45) is -2.87. The summed E-state index contributed by atoms with van der Waals surface area (Å²) in [7, 11) is 0. The Bertz CT molecular complexity index is 1210. The van der Waals surface area contributed by atoms with Crippen LogP contribution in [0.1, 0.15) is 64.0 Å². The second kappa shape index (κ2) is 13.6. The molecule has 0 saturated carbocycles. The lowest BCUT2D eigenvalue weighted by Gasteiger charge is -2.32. The number of fused-ring (bicyclic) bond motifs is 3. The number of hydrogen-bond acceptors (Lipinski definition) is 8. The number of ether oxygens (including phenoxy) is 2. The average Bonchev–Trinajstić information content (AvgIpc) is 3.22. The maximum Gasteiger partial charge on any atom is 0.420 e. The van der Waals surface area contributed by atoms with Gasteiger partial charge in [0.05, 0.1) is 6.10 Å². The zero-order valence-corrected chi connectivity index (χ0v) is 23.8. The summed E-state index contributed by atoms with van der Waals surface area (Å²) in [5.74, 6) is -2.73. The minimum absolute atomic E-state index is 0.0291. The topological polar surface area (TPSA) is 168 Å². The van der Waals surface area contributed by atoms with Gasteiger partial charge in [-0.3, -0.25) is 4.79 Å². The Labute approximate surface area is 239 Å². The highest BCUT2D eigenvalue weighted by molar-refractivity contribution is 5.96. The minimum atomic E-state index is -1.66. The molecule has 1 aliphatic carbocycles. The Hall–Kier alpha value is -3.96. The number of rotatable bonds is 11. The molecule has 0 spiro atoms. The maximum atomic E-state index is 13.6. The fraction of sp³-hybridized carbons (Fsp3) is 0.467. The quantitative estimate of drug-likeness (QED) is 0.295. The fourth-order valence-corrected chi connectivity index (χ4v) is 4.80. The van der Waals surface area contributed by atoms with Crippen molar-refractivity contribution in [2.75, 3.05) is 13.2 Å². The van der Waals surface area contributed by atoms with Crippen LogP contribution in [0.4, 0.5) is 9.59 Å². The van der Waals surface area contributed by atoms with Gasteiger partial charge < -0.3 is 30.7 Å². The van der Waals surface area contributed by atoms with Gasteiger partial charge in [0.25, 0.3) is 0 Å². The predicted octanol–water partition coefficient (Wildman–Crippen LogP) is 3.62. The van der Waals surface area contributed by atoms with E-state index in [1.165, 1.54) is 6.92 Å². The van der Waals surface area contributed by atoms with Crippen LogP contribution in [0.15, 0.2) is 48.5 Å². The monoisotopic (exact) mass is 569 g/mol. The summed E-state index contributed by atoms with van der Waals surface area (Å²) in [6, 6.07) is 12.4. The van der Waals surface area contributed by atoms with Crippen LogP contribution in [0.25, 0.3) is 11.1 Å². The molecule has 0 heterocycles. The molecule has 1 aliphatic rings. The Morgan fingerprint density at radius 2 is 1.54 bits per heavy atom. The lowest BCUT2D eigenvalue weighted by molar-refractivity contribution is -0.145. The molecule has 3 atom stereocenters. The molecule has 2 aromatic rings. The smallest absolute Gasteiger partial charge is 0.420 e. The Balaban J connectivity index is 1.92. The Morgan fingerprint density at radius 3 is 2.02 bits per heavy atom. The second-order valence-corrected chi connectivity index (χ2v) is 11.0. The van der Waals surface area contributed by atoms with Gasteiger partial charge in [-0.25, -0.2) is 14.4 Å². The number of carbonyl (C=O) groups is 4. The standard InChI is InChI=1S/C30H39N3O8/c1-18(34)25(27(36)37)32-26(35)24(15-9-10-16-31)33(29(39)41-30(2,3)4)28(38)40-17-23-21-13-7-5-11-19(21)20-12-6-8-14-22(20)23/h5-8,11-14,18,23-25,34H,9-10,15-17,31H2,1-4H3,(H,32,35)(H,36,37)/t18-,24+,25+/m1/s1. The van der Waals surface area contributed by atoms with Gasteiger partial charge in [-0.15, -0.1) is 0 Å². The van der Waals surface area contributed by atoms with Crippen LogP contribution in [0.2, 0.25) is 0 Å². The molecule has 0 bridgehead atoms. The van der Waals surface area contributed by atoms with Crippen LogP contribution >= 0.6 is 0 Å². The number of amides is 3. The van der Waals surface area contributed by atoms with E-state index in [4.69, 9.17) is 15.2 Å². The normalized spacial score (nSPS) is 14.7. The number of aliphatic hydroxyl groups excluding tert-OH is 1. The van der Waals surface area contributed by atoms with Crippen LogP contribution in [0, 0.1) is 0 Å². The van der Waals surface area contributed by atoms with Gasteiger partial charge in [-0.1, -0.05) is 48.5 Å². The third-order valence-electron chi connectivity index (χ3n) is 6.72. The van der Waals surface area contributed by atoms with Crippen molar-refractivity contribution in [2.24, 2.45) is 5.73 Å². The van der Waals surface area contributed by atoms with Gasteiger partial charge in [0.15, 0.2) is 6.04 Å². The van der Waals surface area contributed by atoms with Crippen molar-refractivity contribution in [2.45, 2.75) is 76.7 Å². The second-order valence-electron chi connectivity index (χ2n) is 11.0. The molecule has 0 aliphatic heterocycles. The van der Waals surface area contributed by atoms with E-state index in [-0.39, 0.29) is 18.9 Å². The maximum absolute atomic E-state index is 13.6. The van der Waals surface area contributed by atoms with Gasteiger partial charge in [-0.2, -0.15) is 4.90 Å². The molecular weight excluding hydrogens is 530 g/mol. The Morgan fingerprint density at radius 1 is 0.976 bits per heavy atom. The highest BCUT2D eigenvalue weighted by Gasteiger charge is 2.41. The summed E-state index contributed by atoms with van der Waals surface area (Å²) >= 11 is 0. The van der Waals surface area contributed by atoms with Crippen molar-refractivity contribution in [3.63, 3.8) is 0 Å². The van der Waals surface area contributed by atoms with Crippen LogP contribution in [0.3, 0.4) is 0 Å². The van der Waals surface area contributed by atoms with Gasteiger partial charge in [-0.05, 0) is 75.8 Å². The number of aliphatic hydroxyl groups is 1. The van der Waals surface area contributed by atoms with E-state index < -0.39 is 47.9 Å². The average molecular weight is 570 g/mol. The molecule has 0 radical (unpaired) electrons. The molecule has 41 heavy (non-hydrogen) atoms. The van der Waals surface area contributed by atoms with Gasteiger partial charge >= 0.3 is 18.2 Å². The van der Waals surface area contributed by atoms with Crippen molar-refractivity contribution in [1.82, 2.24) is 10.2 Å². The van der Waals surface area contributed by atoms with E-state index >= 15 is 0 Å². The number of carboxylic acid groups (broad SMARTS) is 1. The lowest BCUT2D eigenvalue weighted by atomic mass is 9.98. The van der Waals surface area contributed by atoms with Gasteiger partial charge in [0, 0.05) is 5.92 Å². The molecule has 11 nitrogen and oxygen atoms in total. The highest BCUT2D eigenvalue weighted by atomic mass is 16.6. The summed E-state index contributed by atoms with van der Waals surface area (Å²) in [5.41, 5.74) is 8.56. The molecule has 3 rings (SSSR count). The highest BCUT2D eigenvalue weighted by Crippen LogP contribution is 2.44. The number of nitrogens with two attached hydrogens (primary N) is 1. The van der Waals surface area contributed by atoms with Gasteiger partial charge in [0.1, 0.15) is 18.2 Å². The van der Waals surface area contributed by atoms with E-state index in [1.807, 2.05) is 48.5 Å². The number of carbonyl (C=O) groups excluding carboxylic acids is 3. The number of hydrogen-bond donors (Lipinski definition) is 4. The van der Waals surface area contributed by atoms with E-state index in [2.05, 4.69) is 5.32 Å². The number of nitrogens with zero attached hydrogens (tertiary/aromatic N) is 1. The van der Waals surface area contributed by atoms with Crippen molar-refractivity contribution < 1.29 is 38.9 Å². The number of imide groups is 1. The van der Waals surface area contributed by atoms with Crippen molar-refractivity contribution >= 4 is 24.1 Å². The first kappa shape index (κ1) is 31.6. The minimum Gasteiger partial charge on any atom is -0.480 e. The number of unbranched alkanes of at least 4 members (excludes halogenated alkanes) is 1. The lowest BCUT2D eigenvalue weighted by Crippen LogP contribution is -2.58. The van der Waals surface area contributed by atoms with Crippen LogP contribution < -0.4 is 11.1 Å². The SMILES string of the molecule is C[C@@H](O)[C@H](NC(=O)[C@H](CCCCN)N(C(=O)OCC1c2ccccc2-c2ccccc21)C(=O)OC(C)(C)C)C(=O)O. The number of aliphatic carboxylic acids is 1. The zero-order valence-electron chi connectivity index (χ0n) is 23.8. The van der Waals surface area contributed by atoms with E-state index in [0.29, 0.717) is 24.3 Å². The third-order valence-corrected chi connectivity index (χ3v) is 6.72. The molecule has 0 unspecified atom stereocenters. The van der Waals surface area contributed by atoms with Gasteiger partial charge in [0.2, 0.25) is 5.91 Å². The van der Waals surface area contributed by atoms with Crippen LogP contribution in [-0.4, -0.2) is 76.1 Å². The van der Waals surface area contributed by atoms with Crippen molar-refractivity contribution in [3.05, 3.63) is 59.7 Å². The van der Waals surface area contributed by atoms with E-state index in [9.17, 15) is 29.4 Å². The molecule has 222 valence electrons. The summed E-state index contributed by atoms with van der Waals surface area (Å²) < 4.78 is 11.1. The number of carboxylic acids is 1. The molecule has 0 saturated heterocycles. The molecule has 0 aromatic heterocycles. The van der Waals surface area contributed by atoms with E-state index in [0.717, 1.165) is 22.3 Å². The summed E-state index contributed by atoms with van der Waals surface area (Å²) in [5, 5.41) is 21.6. The number of benzene rings is 2. The molecule has 11 heteroatoms. The Kier molecular flexibility index (Phi) is 10.5. The largest absolute Gasteiger partial charge is 0.480 e. The summed E-state index contributed by atoms with van der Waals surface area (Å²) in [6.45, 7) is 6.22. The first-order valence-electron chi connectivity index (χ1n) is 13.6. The third kappa shape index (κ3) is 7.83. The van der Waals surface area contributed by atoms with Crippen molar-refractivity contribution in [3.8, 4) is 11.1 Å². The number of nitrogens with one attached hydrogen (secondary N) is 1. The van der Waals surface area contributed by atoms with Crippen LogP contribution in [-0.2, 0) is 19.1 Å². The predicted molar refractivity (Wildman–Crippen MR) is 151 cm³/mol. The summed E-state index contributed by atoms with van der Waals surface area (Å²) in [4.78, 5) is 52.6. The molecule has 2 aromatic carbocycles. The zero-order chi connectivity index (χ0) is 30.3. The fourth-order valence-electron chi connectivity index (χ4n) is 4.80. The van der Waals surface area contributed by atoms with E-state index in [1.54, 1.807) is 20.8 Å². The first-order chi connectivity index (χ1) is 19.4. The molecule has 5 N–H and O–H groups in total. The molecular formula is C30H39N3O8. The van der Waals surface area contributed by atoms with Crippen molar-refractivity contribution in [1.29, 1.82) is 0 Å².